The number of allylic oxidation sites excluding steroid dienone is 2. The summed E-state index contributed by atoms with van der Waals surface area (Å²) in [6, 6.07) is 14.6. The van der Waals surface area contributed by atoms with E-state index in [1.54, 1.807) is 4.70 Å². The Hall–Kier alpha value is -1.99. The molecule has 0 spiro atoms. The van der Waals surface area contributed by atoms with Crippen molar-refractivity contribution in [1.29, 1.82) is 0 Å². The number of unbranched alkanes of at least 4 members (excludes halogenated alkanes) is 34. The molecule has 0 aromatic heterocycles. The second-order valence-electron chi connectivity index (χ2n) is 24.0. The molecule has 0 aliphatic carbocycles. The van der Waals surface area contributed by atoms with Crippen molar-refractivity contribution in [2.45, 2.75) is 374 Å². The van der Waals surface area contributed by atoms with Gasteiger partial charge in [-0.15, -0.1) is 0 Å². The van der Waals surface area contributed by atoms with Gasteiger partial charge in [-0.3, -0.25) is 0 Å². The molecule has 3 heteroatoms. The maximum atomic E-state index is 12.5. The molecule has 0 N–H and O–H groups in total. The summed E-state index contributed by atoms with van der Waals surface area (Å²) in [7, 11) is 0. The number of rotatable bonds is 52. The van der Waals surface area contributed by atoms with E-state index in [0.29, 0.717) is 0 Å². The van der Waals surface area contributed by atoms with E-state index in [-0.39, 0.29) is 0 Å². The second kappa shape index (κ2) is 50.9. The first kappa shape index (κ1) is 71.1. The molecular weight excluding hydrogens is 976 g/mol. The van der Waals surface area contributed by atoms with Crippen molar-refractivity contribution in [2.24, 2.45) is 0 Å². The van der Waals surface area contributed by atoms with Crippen LogP contribution in [0.25, 0.3) is 16.9 Å². The number of benzene rings is 2. The van der Waals surface area contributed by atoms with Gasteiger partial charge >= 0.3 is 166 Å². The number of hydrogen-bond donors (Lipinski definition) is 0. The average Bonchev–Trinajstić information content (AvgIpc) is 3.72. The van der Waals surface area contributed by atoms with Gasteiger partial charge in [-0.1, -0.05) is 157 Å². The first-order valence-corrected chi connectivity index (χ1v) is 36.0. The zero-order valence-corrected chi connectivity index (χ0v) is 54.0. The fourth-order valence-electron chi connectivity index (χ4n) is 11.6. The normalized spacial score (nSPS) is 12.7. The molecule has 0 saturated heterocycles. The summed E-state index contributed by atoms with van der Waals surface area (Å²) in [5.74, 6) is 0. The summed E-state index contributed by atoms with van der Waals surface area (Å²) in [5, 5.41) is 2.87. The van der Waals surface area contributed by atoms with Gasteiger partial charge in [0.1, 0.15) is 0 Å². The molecule has 0 atom stereocenters. The smallest absolute Gasteiger partial charge is 0.0654 e. The Labute approximate surface area is 488 Å². The molecule has 1 heterocycles. The van der Waals surface area contributed by atoms with Crippen LogP contribution in [0.2, 0.25) is 10.8 Å². The monoisotopic (exact) mass is 1100 g/mol. The van der Waals surface area contributed by atoms with Crippen LogP contribution in [0, 0.1) is 0 Å². The van der Waals surface area contributed by atoms with E-state index in [0.717, 1.165) is 62.8 Å². The topological polar surface area (TPSA) is 25.3 Å². The van der Waals surface area contributed by atoms with Gasteiger partial charge in [0, 0.05) is 22.3 Å². The number of aryl methyl sites for hydroxylation is 4. The Balaban J connectivity index is 0.000000600. The van der Waals surface area contributed by atoms with Gasteiger partial charge in [-0.25, -0.2) is 4.70 Å². The van der Waals surface area contributed by atoms with Crippen LogP contribution in [-0.4, -0.2) is 4.70 Å². The van der Waals surface area contributed by atoms with Gasteiger partial charge in [-0.05, 0) is 124 Å². The first-order valence-electron chi connectivity index (χ1n) is 34.6. The molecular formula is C74H130N2Ni. The Morgan fingerprint density at radius 2 is 0.481 bits per heavy atom. The molecule has 446 valence electrons. The molecule has 3 rings (SSSR count). The van der Waals surface area contributed by atoms with Crippen molar-refractivity contribution in [1.82, 2.24) is 0 Å². The van der Waals surface area contributed by atoms with E-state index in [1.807, 2.05) is 14.4 Å². The third kappa shape index (κ3) is 34.2. The summed E-state index contributed by atoms with van der Waals surface area (Å²) < 4.78 is 1.67. The van der Waals surface area contributed by atoms with Gasteiger partial charge in [0.25, 0.3) is 0 Å². The van der Waals surface area contributed by atoms with E-state index in [1.165, 1.54) is 312 Å². The first-order chi connectivity index (χ1) is 37.9. The van der Waals surface area contributed by atoms with Gasteiger partial charge in [0.05, 0.1) is 0 Å². The molecule has 77 heavy (non-hydrogen) atoms. The Morgan fingerprint density at radius 1 is 0.260 bits per heavy atom. The molecule has 2 aromatic carbocycles. The van der Waals surface area contributed by atoms with Gasteiger partial charge in [-0.2, -0.15) is 0 Å². The second-order valence-corrected chi connectivity index (χ2v) is 25.5. The van der Waals surface area contributed by atoms with E-state index in [9.17, 15) is 5.53 Å². The predicted octanol–water partition coefficient (Wildman–Crippen LogP) is 26.3. The SMILES string of the molecule is CCCCCCC1=C(c2cc(CCCCCC)cc(CCCCCC)c2)[N+](=[N-])C(c2cc(CCCC)cc(CCCC)c2)=C1CCCC.CCCCCCCCCCCCC[CH2][Ni][CH2]CCCCCCCCCCCCC. The minimum absolute atomic E-state index is 1.03. The fraction of sp³-hybridized carbons (Fsp3) is 0.784. The van der Waals surface area contributed by atoms with Crippen LogP contribution in [0.4, 0.5) is 0 Å². The van der Waals surface area contributed by atoms with Crippen molar-refractivity contribution in [3.05, 3.63) is 86.5 Å². The zero-order valence-electron chi connectivity index (χ0n) is 53.0. The van der Waals surface area contributed by atoms with Crippen LogP contribution in [0.3, 0.4) is 0 Å². The molecule has 0 radical (unpaired) electrons. The Morgan fingerprint density at radius 3 is 0.779 bits per heavy atom. The molecule has 2 nitrogen and oxygen atoms in total. The van der Waals surface area contributed by atoms with E-state index in [4.69, 9.17) is 0 Å². The molecule has 0 amide bonds. The molecule has 0 unspecified atom stereocenters. The van der Waals surface area contributed by atoms with E-state index >= 15 is 0 Å². The minimum atomic E-state index is 1.03. The number of hydrogen-bond acceptors (Lipinski definition) is 0. The van der Waals surface area contributed by atoms with Crippen LogP contribution in [0.15, 0.2) is 47.5 Å². The van der Waals surface area contributed by atoms with Crippen LogP contribution in [-0.2, 0) is 40.1 Å². The molecule has 0 bridgehead atoms. The van der Waals surface area contributed by atoms with Gasteiger partial charge < -0.3 is 5.53 Å². The summed E-state index contributed by atoms with van der Waals surface area (Å²) in [6.07, 6.45) is 64.1. The van der Waals surface area contributed by atoms with Crippen LogP contribution >= 0.6 is 0 Å². The van der Waals surface area contributed by atoms with Crippen molar-refractivity contribution in [3.63, 3.8) is 0 Å². The Kier molecular flexibility index (Phi) is 47.0. The zero-order chi connectivity index (χ0) is 55.7. The van der Waals surface area contributed by atoms with Crippen LogP contribution in [0.1, 0.15) is 371 Å². The summed E-state index contributed by atoms with van der Waals surface area (Å²) in [5.41, 5.74) is 25.7. The molecule has 2 aromatic rings. The van der Waals surface area contributed by atoms with Crippen molar-refractivity contribution in [3.8, 4) is 0 Å². The van der Waals surface area contributed by atoms with Crippen molar-refractivity contribution < 1.29 is 19.1 Å². The molecule has 1 aliphatic rings. The molecule has 0 saturated carbocycles. The molecule has 1 aliphatic heterocycles. The standard InChI is InChI=1S/C46H72N2.2C14H29.Ni/c1-7-13-19-22-27-39-32-40(28-23-20-14-8-2)36-42(35-39)46-44(30-24-21-15-9-3)43(29-18-12-6)45(48(46)47)41-33-37(25-16-10-4)31-38(34-41)26-17-11-5;2*1-3-5-7-9-11-13-14-12-10-8-6-4-2;/h31-36H,7-30H2,1-6H3;2*1,3-14H2,2H3;. The third-order valence-electron chi connectivity index (χ3n) is 16.5. The summed E-state index contributed by atoms with van der Waals surface area (Å²) >= 11 is 2.04. The average molecular weight is 1110 g/mol. The maximum absolute atomic E-state index is 12.5. The molecule has 0 fully saturated rings. The third-order valence-corrected chi connectivity index (χ3v) is 17.9. The fourth-order valence-corrected chi connectivity index (χ4v) is 12.8. The minimum Gasteiger partial charge on any atom is -0.0654 e. The number of nitrogens with zero attached hydrogens (tertiary/aromatic N) is 2. The van der Waals surface area contributed by atoms with Crippen LogP contribution in [0.5, 0.6) is 0 Å². The van der Waals surface area contributed by atoms with Crippen molar-refractivity contribution >= 4 is 11.4 Å². The van der Waals surface area contributed by atoms with Crippen molar-refractivity contribution in [2.75, 3.05) is 0 Å². The Bertz CT molecular complexity index is 1680. The summed E-state index contributed by atoms with van der Waals surface area (Å²) in [4.78, 5) is 0. The van der Waals surface area contributed by atoms with Gasteiger partial charge in [0.2, 0.25) is 11.4 Å². The quantitative estimate of drug-likeness (QED) is 0.0358. The predicted molar refractivity (Wildman–Crippen MR) is 343 cm³/mol. The summed E-state index contributed by atoms with van der Waals surface area (Å²) in [6.45, 7) is 18.4. The van der Waals surface area contributed by atoms with Crippen LogP contribution < -0.4 is 0 Å². The van der Waals surface area contributed by atoms with E-state index in [2.05, 4.69) is 91.8 Å². The van der Waals surface area contributed by atoms with E-state index < -0.39 is 0 Å². The van der Waals surface area contributed by atoms with Gasteiger partial charge in [0.15, 0.2) is 0 Å².